The Hall–Kier alpha value is -0.330. The van der Waals surface area contributed by atoms with Crippen molar-refractivity contribution in [2.75, 3.05) is 0 Å². The Bertz CT molecular complexity index is 480. The summed E-state index contributed by atoms with van der Waals surface area (Å²) in [5, 5.41) is 0. The van der Waals surface area contributed by atoms with E-state index >= 15 is 0 Å². The number of phosphoric acid groups is 2. The van der Waals surface area contributed by atoms with Gasteiger partial charge in [-0.1, -0.05) is 18.2 Å². The van der Waals surface area contributed by atoms with Crippen LogP contribution >= 0.6 is 15.6 Å². The maximum Gasteiger partial charge on any atom is 0.482 e. The smallest absolute Gasteiger partial charge is 0.302 e. The van der Waals surface area contributed by atoms with Crippen molar-refractivity contribution in [2.45, 2.75) is 39.2 Å². The molecule has 0 aromatic rings. The van der Waals surface area contributed by atoms with Gasteiger partial charge in [-0.05, 0) is 33.6 Å². The second kappa shape index (κ2) is 7.09. The van der Waals surface area contributed by atoms with Crippen LogP contribution in [-0.4, -0.2) is 20.3 Å². The van der Waals surface area contributed by atoms with Gasteiger partial charge < -0.3 is 14.7 Å². The van der Waals surface area contributed by atoms with Gasteiger partial charge in [0.1, 0.15) is 11.4 Å². The van der Waals surface area contributed by atoms with Gasteiger partial charge in [0.25, 0.3) is 0 Å². The van der Waals surface area contributed by atoms with Gasteiger partial charge in [0.2, 0.25) is 0 Å². The Kier molecular flexibility index (Phi) is 6.97. The average Bonchev–Trinajstić information content (AvgIpc) is 2.10. The Morgan fingerprint density at radius 1 is 1.35 bits per heavy atom. The maximum atomic E-state index is 13.4. The van der Waals surface area contributed by atoms with Crippen LogP contribution in [0.1, 0.15) is 33.6 Å². The molecule has 0 saturated heterocycles. The van der Waals surface area contributed by atoms with Gasteiger partial charge in [0.15, 0.2) is 0 Å². The predicted molar refractivity (Wildman–Crippen MR) is 71.4 cm³/mol. The van der Waals surface area contributed by atoms with Crippen molar-refractivity contribution in [3.05, 3.63) is 24.1 Å². The highest BCUT2D eigenvalue weighted by molar-refractivity contribution is 7.60. The van der Waals surface area contributed by atoms with E-state index in [1.807, 2.05) is 13.8 Å². The van der Waals surface area contributed by atoms with Gasteiger partial charge in [-0.3, -0.25) is 4.52 Å². The first-order valence-corrected chi connectivity index (χ1v) is 8.59. The topological polar surface area (TPSA) is 113 Å². The molecule has 0 aliphatic heterocycles. The van der Waals surface area contributed by atoms with Crippen molar-refractivity contribution in [1.29, 1.82) is 0 Å². The third kappa shape index (κ3) is 8.07. The van der Waals surface area contributed by atoms with Crippen molar-refractivity contribution >= 4 is 15.6 Å². The lowest BCUT2D eigenvalue weighted by atomic mass is 9.98. The molecule has 118 valence electrons. The largest absolute Gasteiger partial charge is 0.482 e. The summed E-state index contributed by atoms with van der Waals surface area (Å²) in [6.07, 6.45) is 2.01. The van der Waals surface area contributed by atoms with E-state index in [9.17, 15) is 18.4 Å². The SMILES string of the molecule is C=C(F)C(C)(CCC=C(C)C)OP(=O)(O)OP(=O)(O)O. The number of rotatable bonds is 8. The maximum absolute atomic E-state index is 13.4. The zero-order valence-corrected chi connectivity index (χ0v) is 13.2. The first-order chi connectivity index (χ1) is 8.77. The zero-order chi connectivity index (χ0) is 16.2. The highest BCUT2D eigenvalue weighted by Gasteiger charge is 2.42. The molecule has 3 N–H and O–H groups in total. The van der Waals surface area contributed by atoms with Gasteiger partial charge in [0, 0.05) is 0 Å². The van der Waals surface area contributed by atoms with E-state index in [1.54, 1.807) is 6.08 Å². The van der Waals surface area contributed by atoms with Crippen molar-refractivity contribution in [3.8, 4) is 0 Å². The summed E-state index contributed by atoms with van der Waals surface area (Å²) in [6, 6.07) is 0. The fourth-order valence-corrected chi connectivity index (χ4v) is 3.18. The number of hydrogen-bond acceptors (Lipinski definition) is 4. The van der Waals surface area contributed by atoms with Gasteiger partial charge in [0.05, 0.1) is 0 Å². The lowest BCUT2D eigenvalue weighted by Gasteiger charge is -2.29. The first-order valence-electron chi connectivity index (χ1n) is 5.56. The molecule has 0 amide bonds. The minimum absolute atomic E-state index is 0.0530. The van der Waals surface area contributed by atoms with E-state index in [0.29, 0.717) is 6.42 Å². The summed E-state index contributed by atoms with van der Waals surface area (Å²) < 4.78 is 43.6. The number of phosphoric ester groups is 1. The van der Waals surface area contributed by atoms with Crippen LogP contribution in [0.3, 0.4) is 0 Å². The summed E-state index contributed by atoms with van der Waals surface area (Å²) in [5.74, 6) is -1.05. The molecule has 20 heavy (non-hydrogen) atoms. The van der Waals surface area contributed by atoms with Crippen molar-refractivity contribution in [1.82, 2.24) is 0 Å². The Morgan fingerprint density at radius 2 is 1.85 bits per heavy atom. The first kappa shape index (κ1) is 19.7. The molecule has 0 radical (unpaired) electrons. The molecule has 2 atom stereocenters. The quantitative estimate of drug-likeness (QED) is 0.462. The highest BCUT2D eigenvalue weighted by atomic mass is 31.3. The van der Waals surface area contributed by atoms with Gasteiger partial charge in [-0.2, -0.15) is 4.31 Å². The number of hydrogen-bond donors (Lipinski definition) is 3. The van der Waals surface area contributed by atoms with E-state index in [2.05, 4.69) is 15.4 Å². The molecular formula is C10H19FO7P2. The van der Waals surface area contributed by atoms with Crippen LogP contribution in [0.4, 0.5) is 4.39 Å². The molecule has 2 unspecified atom stereocenters. The number of halogens is 1. The predicted octanol–water partition coefficient (Wildman–Crippen LogP) is 3.20. The average molecular weight is 332 g/mol. The van der Waals surface area contributed by atoms with E-state index in [0.717, 1.165) is 12.5 Å². The molecule has 0 aliphatic rings. The van der Waals surface area contributed by atoms with Gasteiger partial charge >= 0.3 is 15.6 Å². The van der Waals surface area contributed by atoms with Crippen LogP contribution in [-0.2, 0) is 18.0 Å². The molecule has 0 aliphatic carbocycles. The molecule has 7 nitrogen and oxygen atoms in total. The molecule has 0 heterocycles. The fourth-order valence-electron chi connectivity index (χ4n) is 1.27. The van der Waals surface area contributed by atoms with E-state index in [-0.39, 0.29) is 6.42 Å². The van der Waals surface area contributed by atoms with Crippen molar-refractivity contribution in [2.24, 2.45) is 0 Å². The summed E-state index contributed by atoms with van der Waals surface area (Å²) in [7, 11) is -10.4. The minimum Gasteiger partial charge on any atom is -0.302 e. The third-order valence-corrected chi connectivity index (χ3v) is 4.58. The summed E-state index contributed by atoms with van der Waals surface area (Å²) in [4.78, 5) is 26.2. The summed E-state index contributed by atoms with van der Waals surface area (Å²) >= 11 is 0. The second-order valence-electron chi connectivity index (χ2n) is 4.59. The van der Waals surface area contributed by atoms with Crippen LogP contribution in [0, 0.1) is 0 Å². The molecule has 0 bridgehead atoms. The van der Waals surface area contributed by atoms with Crippen LogP contribution in [0.2, 0.25) is 0 Å². The zero-order valence-electron chi connectivity index (χ0n) is 11.4. The van der Waals surface area contributed by atoms with E-state index in [4.69, 9.17) is 9.79 Å². The molecule has 10 heteroatoms. The highest BCUT2D eigenvalue weighted by Crippen LogP contribution is 2.60. The molecule has 0 rings (SSSR count). The van der Waals surface area contributed by atoms with Gasteiger partial charge in [-0.15, -0.1) is 0 Å². The lowest BCUT2D eigenvalue weighted by molar-refractivity contribution is 0.0539. The monoisotopic (exact) mass is 332 g/mol. The van der Waals surface area contributed by atoms with Gasteiger partial charge in [-0.25, -0.2) is 13.5 Å². The van der Waals surface area contributed by atoms with Crippen molar-refractivity contribution < 1.29 is 37.0 Å². The third-order valence-electron chi connectivity index (χ3n) is 2.27. The normalized spacial score (nSPS) is 17.9. The Morgan fingerprint density at radius 3 is 2.20 bits per heavy atom. The van der Waals surface area contributed by atoms with Crippen LogP contribution < -0.4 is 0 Å². The molecule has 0 aromatic heterocycles. The Labute approximate surface area is 117 Å². The molecule has 0 spiro atoms. The summed E-state index contributed by atoms with van der Waals surface area (Å²) in [6.45, 7) is 7.78. The number of allylic oxidation sites excluding steroid dienone is 2. The van der Waals surface area contributed by atoms with E-state index in [1.165, 1.54) is 0 Å². The summed E-state index contributed by atoms with van der Waals surface area (Å²) in [5.41, 5.74) is -0.943. The lowest BCUT2D eigenvalue weighted by Crippen LogP contribution is -2.28. The van der Waals surface area contributed by atoms with Crippen LogP contribution in [0.25, 0.3) is 0 Å². The van der Waals surface area contributed by atoms with Crippen molar-refractivity contribution in [3.63, 3.8) is 0 Å². The molecule has 0 aromatic carbocycles. The molecule has 0 fully saturated rings. The molecule has 0 saturated carbocycles. The van der Waals surface area contributed by atoms with Crippen LogP contribution in [0.5, 0.6) is 0 Å². The Balaban J connectivity index is 5.02. The minimum atomic E-state index is -5.25. The van der Waals surface area contributed by atoms with Crippen LogP contribution in [0.15, 0.2) is 24.1 Å². The fraction of sp³-hybridized carbons (Fsp3) is 0.600. The van der Waals surface area contributed by atoms with E-state index < -0.39 is 27.1 Å². The standard InChI is InChI=1S/C10H19FO7P2/c1-8(2)6-5-7-10(4,9(3)11)17-20(15,16)18-19(12,13)14/h6H,3,5,7H2,1-2,4H3,(H,15,16)(H2,12,13,14). The second-order valence-corrected chi connectivity index (χ2v) is 7.34. The molecular weight excluding hydrogens is 313 g/mol.